The van der Waals surface area contributed by atoms with Crippen molar-refractivity contribution in [1.29, 1.82) is 5.26 Å². The highest BCUT2D eigenvalue weighted by atomic mass is 19.1. The largest absolute Gasteiger partial charge is 0.377 e. The Morgan fingerprint density at radius 3 is 2.65 bits per heavy atom. The molecule has 2 aliphatic rings. The molecule has 0 unspecified atom stereocenters. The van der Waals surface area contributed by atoms with Gasteiger partial charge in [-0.15, -0.1) is 0 Å². The predicted molar refractivity (Wildman–Crippen MR) is 151 cm³/mol. The summed E-state index contributed by atoms with van der Waals surface area (Å²) in [7, 11) is 0. The molecule has 4 aromatic rings. The molecule has 10 heteroatoms. The Bertz CT molecular complexity index is 1600. The minimum Gasteiger partial charge on any atom is -0.377 e. The molecule has 4 heterocycles. The SMILES string of the molecule is CCO[C@H]1CCN(c2ccc(-n3c(-c4ccc(C#N)c(F)c4)nc4c(N5CCC[C@@H](N)C5)ccnc43)c(F)c2)C1. The van der Waals surface area contributed by atoms with Crippen LogP contribution in [0.25, 0.3) is 28.2 Å². The Kier molecular flexibility index (Phi) is 7.09. The van der Waals surface area contributed by atoms with Crippen LogP contribution in [0.3, 0.4) is 0 Å². The lowest BCUT2D eigenvalue weighted by atomic mass is 10.1. The van der Waals surface area contributed by atoms with Gasteiger partial charge in [-0.25, -0.2) is 18.7 Å². The smallest absolute Gasteiger partial charge is 0.167 e. The number of nitriles is 1. The van der Waals surface area contributed by atoms with E-state index in [1.807, 2.05) is 25.1 Å². The molecule has 2 N–H and O–H groups in total. The van der Waals surface area contributed by atoms with E-state index in [1.165, 1.54) is 18.2 Å². The second kappa shape index (κ2) is 10.8. The van der Waals surface area contributed by atoms with Crippen molar-refractivity contribution in [1.82, 2.24) is 14.5 Å². The van der Waals surface area contributed by atoms with Gasteiger partial charge in [-0.2, -0.15) is 5.26 Å². The fourth-order valence-corrected chi connectivity index (χ4v) is 5.82. The summed E-state index contributed by atoms with van der Waals surface area (Å²) >= 11 is 0. The van der Waals surface area contributed by atoms with Crippen LogP contribution in [-0.4, -0.2) is 59.5 Å². The maximum Gasteiger partial charge on any atom is 0.167 e. The van der Waals surface area contributed by atoms with Gasteiger partial charge in [-0.3, -0.25) is 4.57 Å². The van der Waals surface area contributed by atoms with E-state index in [9.17, 15) is 9.65 Å². The molecule has 0 amide bonds. The zero-order valence-corrected chi connectivity index (χ0v) is 22.4. The van der Waals surface area contributed by atoms with Crippen LogP contribution in [0.5, 0.6) is 0 Å². The van der Waals surface area contributed by atoms with Crippen molar-refractivity contribution >= 4 is 22.5 Å². The molecule has 0 bridgehead atoms. The van der Waals surface area contributed by atoms with E-state index in [0.717, 1.165) is 43.7 Å². The van der Waals surface area contributed by atoms with E-state index in [1.54, 1.807) is 22.9 Å². The highest BCUT2D eigenvalue weighted by Crippen LogP contribution is 2.35. The van der Waals surface area contributed by atoms with Gasteiger partial charge < -0.3 is 20.3 Å². The third-order valence-corrected chi connectivity index (χ3v) is 7.76. The van der Waals surface area contributed by atoms with Crippen molar-refractivity contribution in [3.63, 3.8) is 0 Å². The molecule has 2 aromatic heterocycles. The first-order valence-corrected chi connectivity index (χ1v) is 13.7. The van der Waals surface area contributed by atoms with Crippen LogP contribution in [-0.2, 0) is 4.74 Å². The molecular weight excluding hydrogens is 512 g/mol. The lowest BCUT2D eigenvalue weighted by molar-refractivity contribution is 0.0787. The van der Waals surface area contributed by atoms with Crippen molar-refractivity contribution in [3.8, 4) is 23.1 Å². The van der Waals surface area contributed by atoms with Gasteiger partial charge in [0.25, 0.3) is 0 Å². The number of pyridine rings is 1. The number of fused-ring (bicyclic) bond motifs is 1. The zero-order chi connectivity index (χ0) is 27.8. The fraction of sp³-hybridized carbons (Fsp3) is 0.367. The number of hydrogen-bond acceptors (Lipinski definition) is 7. The van der Waals surface area contributed by atoms with E-state index in [-0.39, 0.29) is 23.4 Å². The highest BCUT2D eigenvalue weighted by molar-refractivity contribution is 5.90. The second-order valence-electron chi connectivity index (χ2n) is 10.4. The number of anilines is 2. The summed E-state index contributed by atoms with van der Waals surface area (Å²) in [6, 6.07) is 13.2. The third kappa shape index (κ3) is 4.76. The Labute approximate surface area is 231 Å². The Balaban J connectivity index is 1.49. The second-order valence-corrected chi connectivity index (χ2v) is 10.4. The van der Waals surface area contributed by atoms with Gasteiger partial charge in [-0.1, -0.05) is 0 Å². The first-order chi connectivity index (χ1) is 19.5. The molecule has 0 saturated carbocycles. The van der Waals surface area contributed by atoms with E-state index in [0.29, 0.717) is 42.2 Å². The van der Waals surface area contributed by atoms with Crippen molar-refractivity contribution in [2.75, 3.05) is 42.6 Å². The van der Waals surface area contributed by atoms with Gasteiger partial charge in [0, 0.05) is 56.3 Å². The van der Waals surface area contributed by atoms with Gasteiger partial charge in [0.1, 0.15) is 29.0 Å². The standard InChI is InChI=1S/C30H31F2N7O/c1-2-40-23-10-13-37(18-23)22-7-8-26(25(32)15-22)39-29(19-5-6-20(16-33)24(31)14-19)36-28-27(9-11-35-30(28)39)38-12-3-4-21(34)17-38/h5-9,11,14-15,21,23H,2-4,10,12-13,17-18,34H2,1H3/t21-,23+/m1/s1. The fourth-order valence-electron chi connectivity index (χ4n) is 5.82. The Morgan fingerprint density at radius 2 is 1.90 bits per heavy atom. The average Bonchev–Trinajstić information content (AvgIpc) is 3.58. The Hall–Kier alpha value is -4.07. The van der Waals surface area contributed by atoms with E-state index >= 15 is 4.39 Å². The highest BCUT2D eigenvalue weighted by Gasteiger charge is 2.27. The van der Waals surface area contributed by atoms with Gasteiger partial charge >= 0.3 is 0 Å². The molecule has 0 spiro atoms. The van der Waals surface area contributed by atoms with Crippen LogP contribution >= 0.6 is 0 Å². The first-order valence-electron chi connectivity index (χ1n) is 13.7. The van der Waals surface area contributed by atoms with Crippen LogP contribution in [0.4, 0.5) is 20.2 Å². The van der Waals surface area contributed by atoms with Crippen LogP contribution in [0.15, 0.2) is 48.7 Å². The molecule has 2 aromatic carbocycles. The number of piperidine rings is 1. The van der Waals surface area contributed by atoms with E-state index < -0.39 is 11.6 Å². The summed E-state index contributed by atoms with van der Waals surface area (Å²) in [5, 5.41) is 9.23. The number of halogens is 2. The summed E-state index contributed by atoms with van der Waals surface area (Å²) in [4.78, 5) is 13.8. The quantitative estimate of drug-likeness (QED) is 0.374. The molecule has 0 radical (unpaired) electrons. The molecule has 0 aliphatic carbocycles. The van der Waals surface area contributed by atoms with E-state index in [4.69, 9.17) is 15.5 Å². The maximum atomic E-state index is 16.0. The lowest BCUT2D eigenvalue weighted by Crippen LogP contribution is -2.42. The zero-order valence-electron chi connectivity index (χ0n) is 22.4. The van der Waals surface area contributed by atoms with Gasteiger partial charge in [0.15, 0.2) is 5.65 Å². The molecule has 2 aliphatic heterocycles. The molecule has 2 saturated heterocycles. The van der Waals surface area contributed by atoms with Crippen molar-refractivity contribution in [2.45, 2.75) is 38.3 Å². The number of imidazole rings is 1. The summed E-state index contributed by atoms with van der Waals surface area (Å²) in [6.07, 6.45) is 4.62. The number of hydrogen-bond donors (Lipinski definition) is 1. The first kappa shape index (κ1) is 26.2. The number of aromatic nitrogens is 3. The minimum atomic E-state index is -0.664. The van der Waals surface area contributed by atoms with Crippen molar-refractivity contribution < 1.29 is 13.5 Å². The number of rotatable bonds is 6. The third-order valence-electron chi connectivity index (χ3n) is 7.76. The molecule has 2 atom stereocenters. The normalized spacial score (nSPS) is 19.4. The summed E-state index contributed by atoms with van der Waals surface area (Å²) < 4.78 is 38.1. The van der Waals surface area contributed by atoms with Crippen LogP contribution in [0.2, 0.25) is 0 Å². The molecule has 2 fully saturated rings. The van der Waals surface area contributed by atoms with Crippen LogP contribution in [0.1, 0.15) is 31.7 Å². The van der Waals surface area contributed by atoms with Gasteiger partial charge in [-0.05, 0) is 68.7 Å². The topological polar surface area (TPSA) is 96.2 Å². The van der Waals surface area contributed by atoms with E-state index in [2.05, 4.69) is 14.8 Å². The maximum absolute atomic E-state index is 16.0. The minimum absolute atomic E-state index is 0.0454. The number of benzene rings is 2. The number of ether oxygens (including phenoxy) is 1. The lowest BCUT2D eigenvalue weighted by Gasteiger charge is -2.32. The molecular formula is C30H31F2N7O. The number of nitrogens with zero attached hydrogens (tertiary/aromatic N) is 6. The van der Waals surface area contributed by atoms with Gasteiger partial charge in [0.2, 0.25) is 0 Å². The molecule has 6 rings (SSSR count). The number of nitrogens with two attached hydrogens (primary N) is 1. The summed E-state index contributed by atoms with van der Waals surface area (Å²) in [5.74, 6) is -0.773. The summed E-state index contributed by atoms with van der Waals surface area (Å²) in [5.41, 5.74) is 9.53. The molecule has 40 heavy (non-hydrogen) atoms. The molecule has 8 nitrogen and oxygen atoms in total. The monoisotopic (exact) mass is 543 g/mol. The average molecular weight is 544 g/mol. The van der Waals surface area contributed by atoms with Crippen LogP contribution < -0.4 is 15.5 Å². The van der Waals surface area contributed by atoms with Crippen LogP contribution in [0, 0.1) is 23.0 Å². The van der Waals surface area contributed by atoms with Crippen molar-refractivity contribution in [2.24, 2.45) is 5.73 Å². The molecule has 206 valence electrons. The van der Waals surface area contributed by atoms with Crippen molar-refractivity contribution in [3.05, 3.63) is 65.9 Å². The summed E-state index contributed by atoms with van der Waals surface area (Å²) in [6.45, 7) is 5.62. The Morgan fingerprint density at radius 1 is 1.02 bits per heavy atom. The predicted octanol–water partition coefficient (Wildman–Crippen LogP) is 4.78. The van der Waals surface area contributed by atoms with Gasteiger partial charge in [0.05, 0.1) is 23.0 Å².